The van der Waals surface area contributed by atoms with Crippen LogP contribution in [0.5, 0.6) is 0 Å². The van der Waals surface area contributed by atoms with Gasteiger partial charge in [0, 0.05) is 31.2 Å². The molecule has 0 aromatic heterocycles. The molecule has 0 radical (unpaired) electrons. The predicted octanol–water partition coefficient (Wildman–Crippen LogP) is 1.32. The van der Waals surface area contributed by atoms with Crippen molar-refractivity contribution in [3.8, 4) is 0 Å². The van der Waals surface area contributed by atoms with Crippen molar-refractivity contribution in [3.05, 3.63) is 29.8 Å². The van der Waals surface area contributed by atoms with Crippen LogP contribution in [-0.4, -0.2) is 41.7 Å². The molecule has 5 nitrogen and oxygen atoms in total. The number of benzene rings is 1. The fraction of sp³-hybridized carbons (Fsp3) is 0.562. The minimum atomic E-state index is 0.0373. The molecule has 0 atom stereocenters. The molecule has 1 aliphatic rings. The standard InChI is InChI=1S/C16H25N3O2/c17-12-13-3-5-14(6-4-13)18-16(21)2-1-9-19(10-11-20)15-7-8-15/h3-6,15,20H,1-2,7-12,17H2,(H,18,21). The monoisotopic (exact) mass is 291 g/mol. The van der Waals surface area contributed by atoms with E-state index in [0.717, 1.165) is 24.2 Å². The Bertz CT molecular complexity index is 443. The van der Waals surface area contributed by atoms with Gasteiger partial charge in [-0.25, -0.2) is 0 Å². The van der Waals surface area contributed by atoms with Gasteiger partial charge in [-0.3, -0.25) is 9.69 Å². The van der Waals surface area contributed by atoms with Gasteiger partial charge in [0.1, 0.15) is 0 Å². The van der Waals surface area contributed by atoms with Crippen molar-refractivity contribution in [1.29, 1.82) is 0 Å². The summed E-state index contributed by atoms with van der Waals surface area (Å²) in [6.45, 7) is 2.30. The van der Waals surface area contributed by atoms with E-state index in [4.69, 9.17) is 10.8 Å². The van der Waals surface area contributed by atoms with E-state index in [1.165, 1.54) is 12.8 Å². The molecule has 1 fully saturated rings. The maximum atomic E-state index is 11.9. The zero-order valence-corrected chi connectivity index (χ0v) is 12.4. The van der Waals surface area contributed by atoms with E-state index in [1.54, 1.807) is 0 Å². The molecule has 21 heavy (non-hydrogen) atoms. The van der Waals surface area contributed by atoms with Crippen molar-refractivity contribution in [3.63, 3.8) is 0 Å². The van der Waals surface area contributed by atoms with Crippen LogP contribution in [0.2, 0.25) is 0 Å². The number of carbonyl (C=O) groups is 1. The topological polar surface area (TPSA) is 78.6 Å². The average molecular weight is 291 g/mol. The van der Waals surface area contributed by atoms with E-state index < -0.39 is 0 Å². The van der Waals surface area contributed by atoms with Gasteiger partial charge in [0.2, 0.25) is 5.91 Å². The number of amides is 1. The minimum absolute atomic E-state index is 0.0373. The smallest absolute Gasteiger partial charge is 0.224 e. The molecular weight excluding hydrogens is 266 g/mol. The molecule has 2 rings (SSSR count). The Morgan fingerprint density at radius 3 is 2.57 bits per heavy atom. The molecule has 1 aliphatic carbocycles. The molecular formula is C16H25N3O2. The summed E-state index contributed by atoms with van der Waals surface area (Å²) in [6.07, 6.45) is 3.77. The van der Waals surface area contributed by atoms with Gasteiger partial charge in [-0.15, -0.1) is 0 Å². The van der Waals surface area contributed by atoms with Gasteiger partial charge in [0.25, 0.3) is 0 Å². The summed E-state index contributed by atoms with van der Waals surface area (Å²) >= 11 is 0. The number of nitrogens with one attached hydrogen (secondary N) is 1. The highest BCUT2D eigenvalue weighted by molar-refractivity contribution is 5.90. The van der Waals surface area contributed by atoms with Crippen molar-refractivity contribution in [2.45, 2.75) is 38.3 Å². The Hall–Kier alpha value is -1.43. The van der Waals surface area contributed by atoms with Crippen molar-refractivity contribution in [1.82, 2.24) is 4.90 Å². The highest BCUT2D eigenvalue weighted by Crippen LogP contribution is 2.26. The summed E-state index contributed by atoms with van der Waals surface area (Å²) in [7, 11) is 0. The molecule has 0 heterocycles. The van der Waals surface area contributed by atoms with E-state index in [9.17, 15) is 4.79 Å². The highest BCUT2D eigenvalue weighted by Gasteiger charge is 2.27. The summed E-state index contributed by atoms with van der Waals surface area (Å²) in [6, 6.07) is 8.23. The molecule has 1 aromatic carbocycles. The molecule has 1 amide bonds. The van der Waals surface area contributed by atoms with Crippen LogP contribution >= 0.6 is 0 Å². The molecule has 1 aromatic rings. The second-order valence-corrected chi connectivity index (χ2v) is 5.54. The number of carbonyl (C=O) groups excluding carboxylic acids is 1. The van der Waals surface area contributed by atoms with Gasteiger partial charge < -0.3 is 16.2 Å². The number of hydrogen-bond acceptors (Lipinski definition) is 4. The van der Waals surface area contributed by atoms with Gasteiger partial charge in [0.05, 0.1) is 6.61 Å². The van der Waals surface area contributed by atoms with E-state index in [1.807, 2.05) is 24.3 Å². The van der Waals surface area contributed by atoms with Crippen LogP contribution in [0, 0.1) is 0 Å². The lowest BCUT2D eigenvalue weighted by atomic mass is 10.2. The predicted molar refractivity (Wildman–Crippen MR) is 83.9 cm³/mol. The fourth-order valence-corrected chi connectivity index (χ4v) is 2.44. The van der Waals surface area contributed by atoms with Gasteiger partial charge in [-0.1, -0.05) is 12.1 Å². The summed E-state index contributed by atoms with van der Waals surface area (Å²) in [5.74, 6) is 0.0373. The summed E-state index contributed by atoms with van der Waals surface area (Å²) in [4.78, 5) is 14.2. The highest BCUT2D eigenvalue weighted by atomic mass is 16.3. The number of nitrogens with zero attached hydrogens (tertiary/aromatic N) is 1. The number of aliphatic hydroxyl groups excluding tert-OH is 1. The number of aliphatic hydroxyl groups is 1. The van der Waals surface area contributed by atoms with Crippen molar-refractivity contribution < 1.29 is 9.90 Å². The first-order valence-corrected chi connectivity index (χ1v) is 7.66. The normalized spacial score (nSPS) is 14.4. The van der Waals surface area contributed by atoms with Crippen LogP contribution in [0.25, 0.3) is 0 Å². The fourth-order valence-electron chi connectivity index (χ4n) is 2.44. The molecule has 1 saturated carbocycles. The van der Waals surface area contributed by atoms with Crippen molar-refractivity contribution in [2.75, 3.05) is 25.0 Å². The van der Waals surface area contributed by atoms with Crippen molar-refractivity contribution >= 4 is 11.6 Å². The van der Waals surface area contributed by atoms with Crippen LogP contribution in [0.15, 0.2) is 24.3 Å². The minimum Gasteiger partial charge on any atom is -0.395 e. The summed E-state index contributed by atoms with van der Waals surface area (Å²) in [5, 5.41) is 11.9. The van der Waals surface area contributed by atoms with Gasteiger partial charge in [0.15, 0.2) is 0 Å². The number of rotatable bonds is 9. The largest absolute Gasteiger partial charge is 0.395 e. The third kappa shape index (κ3) is 5.46. The van der Waals surface area contributed by atoms with Gasteiger partial charge in [-0.2, -0.15) is 0 Å². The summed E-state index contributed by atoms with van der Waals surface area (Å²) in [5.41, 5.74) is 7.40. The average Bonchev–Trinajstić information content (AvgIpc) is 3.32. The quantitative estimate of drug-likeness (QED) is 0.641. The van der Waals surface area contributed by atoms with E-state index in [2.05, 4.69) is 10.2 Å². The molecule has 0 unspecified atom stereocenters. The van der Waals surface area contributed by atoms with Crippen LogP contribution in [0.1, 0.15) is 31.2 Å². The number of hydrogen-bond donors (Lipinski definition) is 3. The van der Waals surface area contributed by atoms with Crippen molar-refractivity contribution in [2.24, 2.45) is 5.73 Å². The Balaban J connectivity index is 1.68. The van der Waals surface area contributed by atoms with Crippen LogP contribution in [0.3, 0.4) is 0 Å². The SMILES string of the molecule is NCc1ccc(NC(=O)CCCN(CCO)C2CC2)cc1. The first-order valence-electron chi connectivity index (χ1n) is 7.66. The second-order valence-electron chi connectivity index (χ2n) is 5.54. The van der Waals surface area contributed by atoms with Gasteiger partial charge in [-0.05, 0) is 43.5 Å². The zero-order valence-electron chi connectivity index (χ0n) is 12.4. The van der Waals surface area contributed by atoms with Crippen LogP contribution < -0.4 is 11.1 Å². The van der Waals surface area contributed by atoms with E-state index >= 15 is 0 Å². The number of nitrogens with two attached hydrogens (primary N) is 1. The van der Waals surface area contributed by atoms with Gasteiger partial charge >= 0.3 is 0 Å². The maximum absolute atomic E-state index is 11.9. The molecule has 5 heteroatoms. The molecule has 0 aliphatic heterocycles. The van der Waals surface area contributed by atoms with Crippen LogP contribution in [-0.2, 0) is 11.3 Å². The second kappa shape index (κ2) is 8.12. The third-order valence-corrected chi connectivity index (χ3v) is 3.77. The maximum Gasteiger partial charge on any atom is 0.224 e. The lowest BCUT2D eigenvalue weighted by Crippen LogP contribution is -2.30. The lowest BCUT2D eigenvalue weighted by molar-refractivity contribution is -0.116. The Morgan fingerprint density at radius 2 is 2.00 bits per heavy atom. The Kier molecular flexibility index (Phi) is 6.17. The molecule has 0 saturated heterocycles. The van der Waals surface area contributed by atoms with E-state index in [0.29, 0.717) is 25.6 Å². The Morgan fingerprint density at radius 1 is 1.29 bits per heavy atom. The zero-order chi connectivity index (χ0) is 15.1. The first-order chi connectivity index (χ1) is 10.2. The third-order valence-electron chi connectivity index (χ3n) is 3.77. The number of anilines is 1. The molecule has 4 N–H and O–H groups in total. The molecule has 0 spiro atoms. The summed E-state index contributed by atoms with van der Waals surface area (Å²) < 4.78 is 0. The Labute approximate surface area is 126 Å². The van der Waals surface area contributed by atoms with Crippen LogP contribution in [0.4, 0.5) is 5.69 Å². The molecule has 0 bridgehead atoms. The lowest BCUT2D eigenvalue weighted by Gasteiger charge is -2.20. The molecule has 116 valence electrons. The first kappa shape index (κ1) is 15.9. The van der Waals surface area contributed by atoms with E-state index in [-0.39, 0.29) is 12.5 Å².